The Balaban J connectivity index is 0.000000180. The van der Waals surface area contributed by atoms with Crippen molar-refractivity contribution in [3.05, 3.63) is 49.1 Å². The minimum Gasteiger partial charge on any atom is -0.0623 e. The SMILES string of the molecule is C=C[CH2][Na].c1ccccc1. The van der Waals surface area contributed by atoms with E-state index in [0.717, 1.165) is 0 Å². The van der Waals surface area contributed by atoms with Crippen LogP contribution in [0.15, 0.2) is 49.1 Å². The Kier molecular flexibility index (Phi) is 8.92. The van der Waals surface area contributed by atoms with Gasteiger partial charge in [-0.05, 0) is 0 Å². The maximum Gasteiger partial charge on any atom is -0.0623 e. The van der Waals surface area contributed by atoms with Crippen LogP contribution in [0.4, 0.5) is 0 Å². The van der Waals surface area contributed by atoms with E-state index in [4.69, 9.17) is 0 Å². The summed E-state index contributed by atoms with van der Waals surface area (Å²) in [5.74, 6) is 0. The second kappa shape index (κ2) is 8.96. The number of allylic oxidation sites excluding steroid dienone is 1. The van der Waals surface area contributed by atoms with Gasteiger partial charge in [0.1, 0.15) is 0 Å². The van der Waals surface area contributed by atoms with Gasteiger partial charge in [0.2, 0.25) is 0 Å². The summed E-state index contributed by atoms with van der Waals surface area (Å²) < 4.78 is 1.22. The van der Waals surface area contributed by atoms with Gasteiger partial charge in [-0.2, -0.15) is 0 Å². The molecule has 0 unspecified atom stereocenters. The van der Waals surface area contributed by atoms with Crippen molar-refractivity contribution in [2.45, 2.75) is 3.67 Å². The van der Waals surface area contributed by atoms with Gasteiger partial charge in [0.25, 0.3) is 0 Å². The van der Waals surface area contributed by atoms with E-state index in [9.17, 15) is 0 Å². The van der Waals surface area contributed by atoms with Crippen molar-refractivity contribution in [3.8, 4) is 0 Å². The Labute approximate surface area is 80.4 Å². The summed E-state index contributed by atoms with van der Waals surface area (Å²) >= 11 is 1.27. The van der Waals surface area contributed by atoms with Crippen LogP contribution in [0.5, 0.6) is 0 Å². The maximum absolute atomic E-state index is 3.51. The van der Waals surface area contributed by atoms with E-state index in [1.54, 1.807) is 0 Å². The number of benzene rings is 1. The monoisotopic (exact) mass is 142 g/mol. The van der Waals surface area contributed by atoms with Crippen molar-refractivity contribution in [1.29, 1.82) is 0 Å². The molecule has 0 saturated carbocycles. The van der Waals surface area contributed by atoms with Crippen molar-refractivity contribution in [3.63, 3.8) is 0 Å². The summed E-state index contributed by atoms with van der Waals surface area (Å²) in [4.78, 5) is 0. The standard InChI is InChI=1S/C6H6.C3H5.Na/c1-2-4-6-5-3-1;1-3-2;/h1-6H;3H,1-2H2;. The quantitative estimate of drug-likeness (QED) is 0.417. The van der Waals surface area contributed by atoms with E-state index in [1.165, 1.54) is 31.6 Å². The Hall–Kier alpha value is -0.0400. The molecule has 0 saturated heterocycles. The van der Waals surface area contributed by atoms with Crippen LogP contribution in [0.25, 0.3) is 0 Å². The van der Waals surface area contributed by atoms with Crippen LogP contribution in [0.2, 0.25) is 3.67 Å². The molecule has 0 nitrogen and oxygen atoms in total. The minimum absolute atomic E-state index is 1.22. The van der Waals surface area contributed by atoms with Crippen LogP contribution in [-0.2, 0) is 0 Å². The Bertz CT molecular complexity index is 119. The largest absolute Gasteiger partial charge is 0.0623 e. The molecule has 0 bridgehead atoms. The first-order valence-electron chi connectivity index (χ1n) is 3.52. The molecule has 0 aliphatic rings. The molecule has 0 radical (unpaired) electrons. The molecule has 0 aromatic heterocycles. The van der Waals surface area contributed by atoms with Gasteiger partial charge in [-0.15, -0.1) is 0 Å². The van der Waals surface area contributed by atoms with Crippen LogP contribution >= 0.6 is 0 Å². The van der Waals surface area contributed by atoms with Crippen LogP contribution in [0.3, 0.4) is 0 Å². The van der Waals surface area contributed by atoms with Crippen molar-refractivity contribution < 1.29 is 0 Å². The fraction of sp³-hybridized carbons (Fsp3) is 0.111. The molecule has 0 atom stereocenters. The molecule has 0 N–H and O–H groups in total. The Morgan fingerprint density at radius 2 is 1.20 bits per heavy atom. The van der Waals surface area contributed by atoms with Crippen molar-refractivity contribution >= 4 is 27.9 Å². The molecule has 1 rings (SSSR count). The average molecular weight is 142 g/mol. The summed E-state index contributed by atoms with van der Waals surface area (Å²) in [5.41, 5.74) is 0. The second-order valence-corrected chi connectivity index (χ2v) is 2.67. The molecule has 0 aliphatic carbocycles. The van der Waals surface area contributed by atoms with E-state index in [-0.39, 0.29) is 0 Å². The molecule has 0 amide bonds. The third-order valence-corrected chi connectivity index (χ3v) is 1.53. The predicted octanol–water partition coefficient (Wildman–Crippen LogP) is 2.45. The van der Waals surface area contributed by atoms with Crippen molar-refractivity contribution in [2.24, 2.45) is 0 Å². The smallest absolute Gasteiger partial charge is 0.0623 e. The van der Waals surface area contributed by atoms with Gasteiger partial charge >= 0.3 is 44.3 Å². The van der Waals surface area contributed by atoms with Gasteiger partial charge in [-0.25, -0.2) is 0 Å². The second-order valence-electron chi connectivity index (χ2n) is 1.85. The first kappa shape index (κ1) is 9.96. The molecular formula is C9H11Na. The first-order valence-corrected chi connectivity index (χ1v) is 4.94. The van der Waals surface area contributed by atoms with E-state index in [0.29, 0.717) is 0 Å². The zero-order valence-electron chi connectivity index (χ0n) is 6.46. The summed E-state index contributed by atoms with van der Waals surface area (Å²) in [6, 6.07) is 12.0. The van der Waals surface area contributed by atoms with Gasteiger partial charge in [0, 0.05) is 0 Å². The van der Waals surface area contributed by atoms with E-state index >= 15 is 0 Å². The van der Waals surface area contributed by atoms with E-state index in [2.05, 4.69) is 6.58 Å². The van der Waals surface area contributed by atoms with Gasteiger partial charge in [-0.3, -0.25) is 0 Å². The number of hydrogen-bond acceptors (Lipinski definition) is 0. The van der Waals surface area contributed by atoms with E-state index < -0.39 is 0 Å². The summed E-state index contributed by atoms with van der Waals surface area (Å²) in [6.45, 7) is 3.51. The predicted molar refractivity (Wildman–Crippen MR) is 47.2 cm³/mol. The van der Waals surface area contributed by atoms with Gasteiger partial charge in [0.15, 0.2) is 0 Å². The maximum atomic E-state index is 3.51. The third kappa shape index (κ3) is 7.96. The molecule has 48 valence electrons. The normalized spacial score (nSPS) is 7.40. The number of hydrogen-bond donors (Lipinski definition) is 0. The van der Waals surface area contributed by atoms with Crippen LogP contribution < -0.4 is 0 Å². The van der Waals surface area contributed by atoms with Gasteiger partial charge in [-0.1, -0.05) is 36.4 Å². The summed E-state index contributed by atoms with van der Waals surface area (Å²) in [7, 11) is 0. The van der Waals surface area contributed by atoms with Crippen molar-refractivity contribution in [1.82, 2.24) is 0 Å². The zero-order valence-corrected chi connectivity index (χ0v) is 8.46. The van der Waals surface area contributed by atoms with Crippen molar-refractivity contribution in [2.75, 3.05) is 0 Å². The number of rotatable bonds is 1. The van der Waals surface area contributed by atoms with Gasteiger partial charge in [0.05, 0.1) is 0 Å². The fourth-order valence-electron chi connectivity index (χ4n) is 0.385. The Morgan fingerprint density at radius 3 is 1.30 bits per heavy atom. The molecule has 0 spiro atoms. The zero-order chi connectivity index (χ0) is 7.66. The van der Waals surface area contributed by atoms with Crippen LogP contribution in [0.1, 0.15) is 0 Å². The van der Waals surface area contributed by atoms with Crippen LogP contribution in [0, 0.1) is 0 Å². The summed E-state index contributed by atoms with van der Waals surface area (Å²) in [5, 5.41) is 0. The van der Waals surface area contributed by atoms with Gasteiger partial charge < -0.3 is 0 Å². The average Bonchev–Trinajstić information content (AvgIpc) is 2.08. The summed E-state index contributed by atoms with van der Waals surface area (Å²) in [6.07, 6.45) is 1.94. The molecule has 0 heterocycles. The molecule has 0 fully saturated rings. The molecular weight excluding hydrogens is 131 g/mol. The topological polar surface area (TPSA) is 0 Å². The molecule has 0 aliphatic heterocycles. The molecule has 1 aromatic carbocycles. The third-order valence-electron chi connectivity index (χ3n) is 0.955. The first-order chi connectivity index (χ1) is 4.91. The molecule has 10 heavy (non-hydrogen) atoms. The molecule has 1 heteroatoms. The minimum atomic E-state index is 1.22. The van der Waals surface area contributed by atoms with E-state index in [1.807, 2.05) is 42.5 Å². The molecule has 1 aromatic rings. The fourth-order valence-corrected chi connectivity index (χ4v) is 0.385. The van der Waals surface area contributed by atoms with Crippen LogP contribution in [-0.4, -0.2) is 27.9 Å². The Morgan fingerprint density at radius 1 is 1.00 bits per heavy atom.